The first-order valence-electron chi connectivity index (χ1n) is 10.4. The molecule has 174 valence electrons. The van der Waals surface area contributed by atoms with Gasteiger partial charge in [0.15, 0.2) is 11.9 Å². The van der Waals surface area contributed by atoms with Crippen LogP contribution in [0.4, 0.5) is 21.6 Å². The first-order chi connectivity index (χ1) is 15.6. The fourth-order valence-electron chi connectivity index (χ4n) is 3.48. The van der Waals surface area contributed by atoms with Gasteiger partial charge in [-0.25, -0.2) is 18.6 Å². The average Bonchev–Trinajstić information content (AvgIpc) is 3.59. The lowest BCUT2D eigenvalue weighted by Gasteiger charge is -2.24. The Morgan fingerprint density at radius 3 is 2.70 bits per heavy atom. The van der Waals surface area contributed by atoms with Crippen molar-refractivity contribution in [3.05, 3.63) is 48.0 Å². The molecule has 0 spiro atoms. The van der Waals surface area contributed by atoms with Crippen LogP contribution >= 0.6 is 0 Å². The number of aromatic nitrogens is 2. The fourth-order valence-corrected chi connectivity index (χ4v) is 4.09. The zero-order valence-electron chi connectivity index (χ0n) is 18.5. The molecule has 0 saturated heterocycles. The van der Waals surface area contributed by atoms with Crippen LogP contribution in [-0.4, -0.2) is 50.3 Å². The third kappa shape index (κ3) is 5.28. The summed E-state index contributed by atoms with van der Waals surface area (Å²) in [4.78, 5) is 20.2. The lowest BCUT2D eigenvalue weighted by atomic mass is 10.0. The summed E-state index contributed by atoms with van der Waals surface area (Å²) in [6, 6.07) is 7.55. The van der Waals surface area contributed by atoms with Gasteiger partial charge in [-0.1, -0.05) is 0 Å². The highest BCUT2D eigenvalue weighted by molar-refractivity contribution is 7.92. The molecule has 1 atom stereocenters. The molecular formula is C23H25FN4O4S. The van der Waals surface area contributed by atoms with E-state index in [0.717, 1.165) is 29.9 Å². The maximum atomic E-state index is 14.0. The Kier molecular flexibility index (Phi) is 6.06. The second-order valence-corrected chi connectivity index (χ2v) is 11.2. The maximum Gasteiger partial charge on any atom is 0.184 e. The summed E-state index contributed by atoms with van der Waals surface area (Å²) in [5, 5.41) is 13.5. The highest BCUT2D eigenvalue weighted by Gasteiger charge is 2.29. The van der Waals surface area contributed by atoms with Crippen LogP contribution in [0, 0.1) is 5.82 Å². The summed E-state index contributed by atoms with van der Waals surface area (Å²) in [6.45, 7) is 0.837. The maximum absolute atomic E-state index is 14.0. The van der Waals surface area contributed by atoms with Gasteiger partial charge in [-0.05, 0) is 55.5 Å². The normalized spacial score (nSPS) is 15.7. The van der Waals surface area contributed by atoms with Gasteiger partial charge >= 0.3 is 0 Å². The standard InChI is InChI=1S/C23H25FN4O4S/c1-23(11-29,12-30)32-20-8-15(24)6-7-18(20)27-22-21-17(14-4-5-14)9-16(28-33(2,3)31)10-19(21)25-13-26-22/h6-11,13-14,30H,4-5,12H2,1-3H3,(H,25,26,27)/t23-/m0/s1. The molecule has 33 heavy (non-hydrogen) atoms. The van der Waals surface area contributed by atoms with E-state index >= 15 is 0 Å². The Hall–Kier alpha value is -3.11. The van der Waals surface area contributed by atoms with Crippen LogP contribution in [0.25, 0.3) is 10.9 Å². The lowest BCUT2D eigenvalue weighted by Crippen LogP contribution is -2.38. The van der Waals surface area contributed by atoms with Gasteiger partial charge < -0.3 is 15.2 Å². The highest BCUT2D eigenvalue weighted by Crippen LogP contribution is 2.46. The van der Waals surface area contributed by atoms with Crippen LogP contribution in [0.2, 0.25) is 0 Å². The summed E-state index contributed by atoms with van der Waals surface area (Å²) >= 11 is 0. The predicted octanol–water partition coefficient (Wildman–Crippen LogP) is 4.08. The van der Waals surface area contributed by atoms with Crippen molar-refractivity contribution in [1.82, 2.24) is 9.97 Å². The van der Waals surface area contributed by atoms with Gasteiger partial charge in [-0.15, -0.1) is 0 Å². The number of rotatable bonds is 8. The summed E-state index contributed by atoms with van der Waals surface area (Å²) in [5.41, 5.74) is 1.08. The number of hydrogen-bond acceptors (Lipinski definition) is 8. The molecule has 4 rings (SSSR count). The van der Waals surface area contributed by atoms with Crippen molar-refractivity contribution in [1.29, 1.82) is 0 Å². The number of hydrogen-bond donors (Lipinski definition) is 2. The van der Waals surface area contributed by atoms with Crippen LogP contribution in [0.3, 0.4) is 0 Å². The molecule has 0 aliphatic heterocycles. The van der Waals surface area contributed by atoms with Crippen LogP contribution < -0.4 is 10.1 Å². The number of aldehydes is 1. The molecular weight excluding hydrogens is 447 g/mol. The predicted molar refractivity (Wildman–Crippen MR) is 125 cm³/mol. The third-order valence-corrected chi connectivity index (χ3v) is 5.85. The number of aliphatic hydroxyl groups excluding tert-OH is 1. The smallest absolute Gasteiger partial charge is 0.184 e. The Morgan fingerprint density at radius 2 is 2.06 bits per heavy atom. The van der Waals surface area contributed by atoms with E-state index < -0.39 is 27.8 Å². The van der Waals surface area contributed by atoms with E-state index in [9.17, 15) is 18.5 Å². The van der Waals surface area contributed by atoms with Crippen LogP contribution in [0.15, 0.2) is 41.0 Å². The minimum atomic E-state index is -2.34. The van der Waals surface area contributed by atoms with Crippen molar-refractivity contribution in [2.75, 3.05) is 24.4 Å². The van der Waals surface area contributed by atoms with Crippen molar-refractivity contribution in [2.45, 2.75) is 31.3 Å². The first-order valence-corrected chi connectivity index (χ1v) is 12.7. The Balaban J connectivity index is 1.82. The largest absolute Gasteiger partial charge is 0.475 e. The molecule has 1 aromatic heterocycles. The number of nitrogens with zero attached hydrogens (tertiary/aromatic N) is 3. The molecule has 1 aliphatic rings. The molecule has 0 unspecified atom stereocenters. The second kappa shape index (κ2) is 8.68. The molecule has 0 bridgehead atoms. The minimum absolute atomic E-state index is 0.0571. The van der Waals surface area contributed by atoms with Crippen molar-refractivity contribution in [3.63, 3.8) is 0 Å². The molecule has 1 aliphatic carbocycles. The van der Waals surface area contributed by atoms with Crippen LogP contribution in [-0.2, 0) is 14.5 Å². The number of nitrogens with one attached hydrogen (secondary N) is 1. The number of carbonyl (C=O) groups excluding carboxylic acids is 1. The van der Waals surface area contributed by atoms with Crippen LogP contribution in [0.5, 0.6) is 5.75 Å². The van der Waals surface area contributed by atoms with Gasteiger partial charge in [0.25, 0.3) is 0 Å². The van der Waals surface area contributed by atoms with Crippen LogP contribution in [0.1, 0.15) is 31.2 Å². The van der Waals surface area contributed by atoms with Gasteiger partial charge in [0, 0.05) is 33.7 Å². The number of benzene rings is 2. The van der Waals surface area contributed by atoms with E-state index in [2.05, 4.69) is 19.6 Å². The first kappa shape index (κ1) is 23.1. The summed E-state index contributed by atoms with van der Waals surface area (Å²) in [7, 11) is -2.34. The fraction of sp³-hybridized carbons (Fsp3) is 0.348. The second-order valence-electron chi connectivity index (χ2n) is 8.65. The zero-order chi connectivity index (χ0) is 23.8. The number of halogens is 1. The molecule has 1 saturated carbocycles. The number of aliphatic hydroxyl groups is 1. The van der Waals surface area contributed by atoms with E-state index in [0.29, 0.717) is 34.9 Å². The molecule has 0 radical (unpaired) electrons. The molecule has 2 N–H and O–H groups in total. The zero-order valence-corrected chi connectivity index (χ0v) is 19.4. The van der Waals surface area contributed by atoms with E-state index in [-0.39, 0.29) is 5.75 Å². The van der Waals surface area contributed by atoms with Gasteiger partial charge in [0.2, 0.25) is 0 Å². The lowest BCUT2D eigenvalue weighted by molar-refractivity contribution is -0.123. The van der Waals surface area contributed by atoms with Crippen molar-refractivity contribution < 1.29 is 23.2 Å². The van der Waals surface area contributed by atoms with Crippen molar-refractivity contribution >= 4 is 44.1 Å². The van der Waals surface area contributed by atoms with E-state index in [4.69, 9.17) is 4.74 Å². The number of fused-ring (bicyclic) bond motifs is 1. The van der Waals surface area contributed by atoms with E-state index in [1.807, 2.05) is 6.07 Å². The molecule has 10 heteroatoms. The summed E-state index contributed by atoms with van der Waals surface area (Å²) in [6.07, 6.45) is 7.05. The Bertz CT molecular complexity index is 1340. The monoisotopic (exact) mass is 472 g/mol. The summed E-state index contributed by atoms with van der Waals surface area (Å²) in [5.74, 6) is 0.301. The van der Waals surface area contributed by atoms with Gasteiger partial charge in [-0.3, -0.25) is 4.79 Å². The third-order valence-electron chi connectivity index (χ3n) is 5.20. The number of carbonyl (C=O) groups is 1. The number of anilines is 2. The quantitative estimate of drug-likeness (QED) is 0.475. The van der Waals surface area contributed by atoms with Gasteiger partial charge in [0.1, 0.15) is 23.7 Å². The number of ether oxygens (including phenoxy) is 1. The molecule has 1 fully saturated rings. The van der Waals surface area contributed by atoms with E-state index in [1.165, 1.54) is 25.4 Å². The molecule has 0 amide bonds. The van der Waals surface area contributed by atoms with Crippen molar-refractivity contribution in [3.8, 4) is 5.75 Å². The average molecular weight is 473 g/mol. The molecule has 8 nitrogen and oxygen atoms in total. The molecule has 2 aromatic carbocycles. The van der Waals surface area contributed by atoms with E-state index in [1.54, 1.807) is 18.6 Å². The van der Waals surface area contributed by atoms with Gasteiger partial charge in [0.05, 0.1) is 23.5 Å². The topological polar surface area (TPSA) is 114 Å². The van der Waals surface area contributed by atoms with Crippen molar-refractivity contribution in [2.24, 2.45) is 4.36 Å². The summed E-state index contributed by atoms with van der Waals surface area (Å²) < 4.78 is 36.2. The Morgan fingerprint density at radius 1 is 1.30 bits per heavy atom. The SMILES string of the molecule is C[C@](C=O)(CO)Oc1cc(F)ccc1Nc1ncnc2cc(N=S(C)(C)=O)cc(C3CC3)c12. The van der Waals surface area contributed by atoms with Gasteiger partial charge in [-0.2, -0.15) is 4.36 Å². The highest BCUT2D eigenvalue weighted by atomic mass is 32.2. The Labute approximate surface area is 191 Å². The molecule has 1 heterocycles. The minimum Gasteiger partial charge on any atom is -0.475 e. The molecule has 3 aromatic rings.